The molecule has 0 atom stereocenters. The van der Waals surface area contributed by atoms with Gasteiger partial charge in [-0.3, -0.25) is 0 Å². The lowest BCUT2D eigenvalue weighted by atomic mass is 10.3. The zero-order chi connectivity index (χ0) is 10.1. The molecule has 0 aliphatic carbocycles. The molecule has 2 nitrogen and oxygen atoms in total. The van der Waals surface area contributed by atoms with Gasteiger partial charge in [-0.1, -0.05) is 17.7 Å². The van der Waals surface area contributed by atoms with E-state index in [2.05, 4.69) is 27.7 Å². The van der Waals surface area contributed by atoms with Gasteiger partial charge in [0.05, 0.1) is 15.5 Å². The summed E-state index contributed by atoms with van der Waals surface area (Å²) in [7, 11) is 0. The molecule has 1 aromatic carbocycles. The molecule has 0 aliphatic rings. The van der Waals surface area contributed by atoms with Crippen molar-refractivity contribution in [1.29, 1.82) is 0 Å². The first-order chi connectivity index (χ1) is 6.68. The Morgan fingerprint density at radius 3 is 2.86 bits per heavy atom. The van der Waals surface area contributed by atoms with Gasteiger partial charge in [0.15, 0.2) is 0 Å². The summed E-state index contributed by atoms with van der Waals surface area (Å²) >= 11 is 7.93. The molecule has 5 heteroatoms. The van der Waals surface area contributed by atoms with Crippen LogP contribution in [0.5, 0.6) is 0 Å². The topological polar surface area (TPSA) is 17.8 Å². The zero-order valence-electron chi connectivity index (χ0n) is 6.92. The molecular formula is C9H5ClFIN2. The van der Waals surface area contributed by atoms with Crippen molar-refractivity contribution >= 4 is 34.2 Å². The highest BCUT2D eigenvalue weighted by atomic mass is 127. The van der Waals surface area contributed by atoms with E-state index in [0.29, 0.717) is 5.69 Å². The number of hydrogen-bond donors (Lipinski definition) is 0. The van der Waals surface area contributed by atoms with E-state index < -0.39 is 5.82 Å². The number of aromatic nitrogens is 2. The molecule has 0 spiro atoms. The first-order valence-electron chi connectivity index (χ1n) is 3.83. The minimum atomic E-state index is -0.435. The van der Waals surface area contributed by atoms with Gasteiger partial charge in [0.2, 0.25) is 0 Å². The fraction of sp³-hybridized carbons (Fsp3) is 0. The number of hydrogen-bond acceptors (Lipinski definition) is 1. The van der Waals surface area contributed by atoms with Gasteiger partial charge in [0.1, 0.15) is 10.8 Å². The number of nitrogens with zero attached hydrogens (tertiary/aromatic N) is 2. The van der Waals surface area contributed by atoms with Crippen molar-refractivity contribution < 1.29 is 4.39 Å². The molecule has 0 fully saturated rings. The van der Waals surface area contributed by atoms with E-state index in [4.69, 9.17) is 11.6 Å². The fourth-order valence-electron chi connectivity index (χ4n) is 1.10. The molecule has 2 rings (SSSR count). The Morgan fingerprint density at radius 1 is 1.43 bits per heavy atom. The van der Waals surface area contributed by atoms with E-state index >= 15 is 0 Å². The van der Waals surface area contributed by atoms with Gasteiger partial charge in [0.25, 0.3) is 0 Å². The smallest absolute Gasteiger partial charge is 0.143 e. The Hall–Kier alpha value is -0.620. The van der Waals surface area contributed by atoms with Crippen molar-refractivity contribution in [3.05, 3.63) is 45.0 Å². The van der Waals surface area contributed by atoms with Crippen LogP contribution in [0.3, 0.4) is 0 Å². The Balaban J connectivity index is 2.57. The van der Waals surface area contributed by atoms with E-state index in [9.17, 15) is 4.39 Å². The van der Waals surface area contributed by atoms with Crippen molar-refractivity contribution in [2.45, 2.75) is 0 Å². The van der Waals surface area contributed by atoms with E-state index in [1.807, 2.05) is 0 Å². The second-order valence-corrected chi connectivity index (χ2v) is 4.30. The third kappa shape index (κ3) is 1.76. The van der Waals surface area contributed by atoms with Gasteiger partial charge in [0, 0.05) is 6.20 Å². The third-order valence-electron chi connectivity index (χ3n) is 1.73. The molecule has 0 aliphatic heterocycles. The molecule has 0 unspecified atom stereocenters. The molecule has 1 aromatic heterocycles. The second kappa shape index (κ2) is 3.86. The van der Waals surface area contributed by atoms with E-state index in [0.717, 1.165) is 3.57 Å². The van der Waals surface area contributed by atoms with Crippen LogP contribution in [0, 0.1) is 9.39 Å². The van der Waals surface area contributed by atoms with Crippen LogP contribution < -0.4 is 0 Å². The number of rotatable bonds is 1. The quantitative estimate of drug-likeness (QED) is 0.737. The van der Waals surface area contributed by atoms with Gasteiger partial charge in [-0.25, -0.2) is 9.07 Å². The van der Waals surface area contributed by atoms with Crippen LogP contribution >= 0.6 is 34.2 Å². The molecule has 0 amide bonds. The van der Waals surface area contributed by atoms with Crippen molar-refractivity contribution in [3.8, 4) is 5.69 Å². The highest BCUT2D eigenvalue weighted by Crippen LogP contribution is 2.23. The van der Waals surface area contributed by atoms with E-state index in [1.165, 1.54) is 6.07 Å². The lowest BCUT2D eigenvalue weighted by Gasteiger charge is -2.03. The molecule has 72 valence electrons. The summed E-state index contributed by atoms with van der Waals surface area (Å²) in [5.74, 6) is -0.435. The first-order valence-corrected chi connectivity index (χ1v) is 5.29. The number of halogens is 3. The summed E-state index contributed by atoms with van der Waals surface area (Å²) in [5, 5.41) is 4.14. The van der Waals surface area contributed by atoms with Crippen LogP contribution in [0.25, 0.3) is 5.69 Å². The molecular weight excluding hydrogens is 317 g/mol. The molecule has 1 heterocycles. The van der Waals surface area contributed by atoms with Gasteiger partial charge in [-0.05, 0) is 34.7 Å². The summed E-state index contributed by atoms with van der Waals surface area (Å²) in [6.45, 7) is 0. The normalized spacial score (nSPS) is 10.5. The summed E-state index contributed by atoms with van der Waals surface area (Å²) in [5.41, 5.74) is 0.551. The molecule has 0 bridgehead atoms. The SMILES string of the molecule is Fc1cccc(-n2cc(I)cn2)c1Cl. The summed E-state index contributed by atoms with van der Waals surface area (Å²) in [6.07, 6.45) is 3.46. The monoisotopic (exact) mass is 322 g/mol. The zero-order valence-corrected chi connectivity index (χ0v) is 9.83. The maximum absolute atomic E-state index is 13.1. The van der Waals surface area contributed by atoms with Crippen molar-refractivity contribution in [1.82, 2.24) is 9.78 Å². The predicted molar refractivity (Wildman–Crippen MR) is 61.2 cm³/mol. The highest BCUT2D eigenvalue weighted by Gasteiger charge is 2.07. The van der Waals surface area contributed by atoms with Gasteiger partial charge in [-0.2, -0.15) is 5.10 Å². The molecule has 0 N–H and O–H groups in total. The van der Waals surface area contributed by atoms with E-state index in [-0.39, 0.29) is 5.02 Å². The van der Waals surface area contributed by atoms with Crippen molar-refractivity contribution in [3.63, 3.8) is 0 Å². The highest BCUT2D eigenvalue weighted by molar-refractivity contribution is 14.1. The Morgan fingerprint density at radius 2 is 2.21 bits per heavy atom. The number of benzene rings is 1. The van der Waals surface area contributed by atoms with Crippen LogP contribution in [0.4, 0.5) is 4.39 Å². The predicted octanol–water partition coefficient (Wildman–Crippen LogP) is 3.27. The largest absolute Gasteiger partial charge is 0.238 e. The van der Waals surface area contributed by atoms with Crippen LogP contribution in [0.1, 0.15) is 0 Å². The molecule has 2 aromatic rings. The van der Waals surface area contributed by atoms with Crippen molar-refractivity contribution in [2.24, 2.45) is 0 Å². The Labute approximate surface area is 98.8 Å². The maximum Gasteiger partial charge on any atom is 0.143 e. The summed E-state index contributed by atoms with van der Waals surface area (Å²) in [4.78, 5) is 0. The van der Waals surface area contributed by atoms with Gasteiger partial charge < -0.3 is 0 Å². The lowest BCUT2D eigenvalue weighted by molar-refractivity contribution is 0.626. The maximum atomic E-state index is 13.1. The van der Waals surface area contributed by atoms with Crippen LogP contribution in [-0.2, 0) is 0 Å². The molecule has 0 saturated heterocycles. The average molecular weight is 323 g/mol. The molecule has 0 radical (unpaired) electrons. The first kappa shape index (κ1) is 9.92. The lowest BCUT2D eigenvalue weighted by Crippen LogP contribution is -1.96. The van der Waals surface area contributed by atoms with Crippen LogP contribution in [0.2, 0.25) is 5.02 Å². The van der Waals surface area contributed by atoms with Gasteiger partial charge in [-0.15, -0.1) is 0 Å². The van der Waals surface area contributed by atoms with Gasteiger partial charge >= 0.3 is 0 Å². The van der Waals surface area contributed by atoms with Crippen LogP contribution in [0.15, 0.2) is 30.6 Å². The molecule has 0 saturated carbocycles. The second-order valence-electron chi connectivity index (χ2n) is 2.68. The average Bonchev–Trinajstić information content (AvgIpc) is 2.57. The standard InChI is InChI=1S/C9H5ClFIN2/c10-9-7(11)2-1-3-8(9)14-5-6(12)4-13-14/h1-5H. The minimum Gasteiger partial charge on any atom is -0.238 e. The minimum absolute atomic E-state index is 0.0898. The third-order valence-corrected chi connectivity index (χ3v) is 2.66. The Kier molecular flexibility index (Phi) is 2.73. The summed E-state index contributed by atoms with van der Waals surface area (Å²) in [6, 6.07) is 4.64. The molecule has 14 heavy (non-hydrogen) atoms. The summed E-state index contributed by atoms with van der Waals surface area (Å²) < 4.78 is 15.6. The fourth-order valence-corrected chi connectivity index (χ4v) is 1.70. The van der Waals surface area contributed by atoms with Crippen molar-refractivity contribution in [2.75, 3.05) is 0 Å². The Bertz CT molecular complexity index is 470. The van der Waals surface area contributed by atoms with Crippen LogP contribution in [-0.4, -0.2) is 9.78 Å². The van der Waals surface area contributed by atoms with E-state index in [1.54, 1.807) is 29.2 Å².